The van der Waals surface area contributed by atoms with Gasteiger partial charge in [0.1, 0.15) is 11.4 Å². The third kappa shape index (κ3) is 4.03. The first-order valence-corrected chi connectivity index (χ1v) is 11.4. The number of sulfonamides is 1. The lowest BCUT2D eigenvalue weighted by Crippen LogP contribution is -3.15. The Hall–Kier alpha value is -1.67. The van der Waals surface area contributed by atoms with Gasteiger partial charge in [-0.1, -0.05) is 23.7 Å². The minimum Gasteiger partial charge on any atom is -0.349 e. The van der Waals surface area contributed by atoms with Gasteiger partial charge in [-0.15, -0.1) is 0 Å². The number of hydrogen-bond acceptors (Lipinski definition) is 3. The van der Waals surface area contributed by atoms with E-state index in [0.717, 1.165) is 28.4 Å². The molecule has 1 aromatic heterocycles. The van der Waals surface area contributed by atoms with Crippen LogP contribution in [0, 0.1) is 13.8 Å². The van der Waals surface area contributed by atoms with E-state index in [0.29, 0.717) is 32.7 Å². The number of carbonyl (C=O) groups is 1. The Kier molecular flexibility index (Phi) is 6.29. The Morgan fingerprint density at radius 2 is 1.82 bits per heavy atom. The monoisotopic (exact) mass is 424 g/mol. The molecule has 28 heavy (non-hydrogen) atoms. The molecule has 1 N–H and O–H groups in total. The van der Waals surface area contributed by atoms with E-state index in [9.17, 15) is 13.2 Å². The fourth-order valence-electron chi connectivity index (χ4n) is 3.90. The van der Waals surface area contributed by atoms with Gasteiger partial charge in [-0.05, 0) is 39.0 Å². The van der Waals surface area contributed by atoms with E-state index in [2.05, 4.69) is 11.5 Å². The Balaban J connectivity index is 1.65. The number of quaternary nitrogens is 1. The van der Waals surface area contributed by atoms with Crippen molar-refractivity contribution in [2.24, 2.45) is 0 Å². The molecular weight excluding hydrogens is 398 g/mol. The molecule has 0 amide bonds. The Morgan fingerprint density at radius 3 is 2.39 bits per heavy atom. The van der Waals surface area contributed by atoms with Crippen molar-refractivity contribution in [1.29, 1.82) is 0 Å². The van der Waals surface area contributed by atoms with Crippen LogP contribution in [0.3, 0.4) is 0 Å². The number of hydrogen-bond donors (Lipinski definition) is 1. The Labute approximate surface area is 171 Å². The number of carbonyl (C=O) groups excluding carboxylic acids is 1. The van der Waals surface area contributed by atoms with Crippen molar-refractivity contribution < 1.29 is 18.1 Å². The molecule has 1 aliphatic rings. The maximum Gasteiger partial charge on any atom is 0.244 e. The number of benzene rings is 1. The van der Waals surface area contributed by atoms with Crippen molar-refractivity contribution >= 4 is 27.4 Å². The number of halogens is 1. The molecule has 0 spiro atoms. The van der Waals surface area contributed by atoms with E-state index in [4.69, 9.17) is 11.6 Å². The van der Waals surface area contributed by atoms with Gasteiger partial charge in [0.05, 0.1) is 31.2 Å². The molecule has 0 aliphatic carbocycles. The molecule has 1 fully saturated rings. The lowest BCUT2D eigenvalue weighted by molar-refractivity contribution is -0.895. The molecule has 8 heteroatoms. The quantitative estimate of drug-likeness (QED) is 0.715. The summed E-state index contributed by atoms with van der Waals surface area (Å²) < 4.78 is 29.3. The minimum atomic E-state index is -3.61. The van der Waals surface area contributed by atoms with Crippen molar-refractivity contribution in [3.8, 4) is 0 Å². The lowest BCUT2D eigenvalue weighted by atomic mass is 10.1. The second-order valence-electron chi connectivity index (χ2n) is 7.21. The molecule has 0 atom stereocenters. The minimum absolute atomic E-state index is 0.116. The zero-order chi connectivity index (χ0) is 20.5. The van der Waals surface area contributed by atoms with Crippen molar-refractivity contribution in [3.63, 3.8) is 0 Å². The Morgan fingerprint density at radius 1 is 1.18 bits per heavy atom. The van der Waals surface area contributed by atoms with E-state index in [1.54, 1.807) is 18.2 Å². The van der Waals surface area contributed by atoms with Crippen LogP contribution in [-0.2, 0) is 16.6 Å². The number of aryl methyl sites for hydroxylation is 1. The van der Waals surface area contributed by atoms with Crippen LogP contribution < -0.4 is 4.90 Å². The fraction of sp³-hybridized carbons (Fsp3) is 0.450. The smallest absolute Gasteiger partial charge is 0.244 e. The van der Waals surface area contributed by atoms with E-state index in [1.165, 1.54) is 10.4 Å². The number of Topliss-reactive ketones (excluding diaryl/α,β-unsaturated/α-hetero) is 1. The van der Waals surface area contributed by atoms with Crippen molar-refractivity contribution in [3.05, 3.63) is 52.3 Å². The van der Waals surface area contributed by atoms with Crippen molar-refractivity contribution in [2.75, 3.05) is 32.7 Å². The number of ketones is 1. The normalized spacial score (nSPS) is 16.4. The first-order valence-electron chi connectivity index (χ1n) is 9.54. The predicted octanol–water partition coefficient (Wildman–Crippen LogP) is 1.55. The van der Waals surface area contributed by atoms with E-state index in [1.807, 2.05) is 19.9 Å². The summed E-state index contributed by atoms with van der Waals surface area (Å²) in [5.41, 5.74) is 2.87. The number of nitrogens with one attached hydrogen (secondary N) is 1. The number of nitrogens with zero attached hydrogens (tertiary/aromatic N) is 2. The molecule has 152 valence electrons. The highest BCUT2D eigenvalue weighted by molar-refractivity contribution is 7.89. The predicted molar refractivity (Wildman–Crippen MR) is 110 cm³/mol. The number of rotatable bonds is 6. The van der Waals surface area contributed by atoms with Crippen LogP contribution in [0.25, 0.3) is 0 Å². The van der Waals surface area contributed by atoms with Crippen LogP contribution in [0.1, 0.15) is 28.7 Å². The highest BCUT2D eigenvalue weighted by Gasteiger charge is 2.32. The first kappa shape index (κ1) is 21.0. The summed E-state index contributed by atoms with van der Waals surface area (Å²) in [5, 5.41) is 0.235. The molecule has 1 aliphatic heterocycles. The SMILES string of the molecule is CCn1c(C)cc(C(=O)C[NH+]2CCN(S(=O)(=O)c3ccccc3Cl)CC2)c1C. The zero-order valence-corrected chi connectivity index (χ0v) is 18.1. The summed E-state index contributed by atoms with van der Waals surface area (Å²) in [4.78, 5) is 14.0. The molecule has 1 saturated heterocycles. The molecule has 3 rings (SSSR count). The molecule has 0 bridgehead atoms. The van der Waals surface area contributed by atoms with E-state index < -0.39 is 10.0 Å². The molecule has 6 nitrogen and oxygen atoms in total. The van der Waals surface area contributed by atoms with Gasteiger partial charge in [0, 0.05) is 23.5 Å². The van der Waals surface area contributed by atoms with Crippen molar-refractivity contribution in [1.82, 2.24) is 8.87 Å². The van der Waals surface area contributed by atoms with Crippen LogP contribution in [0.5, 0.6) is 0 Å². The fourth-order valence-corrected chi connectivity index (χ4v) is 5.84. The summed E-state index contributed by atoms with van der Waals surface area (Å²) in [7, 11) is -3.61. The van der Waals surface area contributed by atoms with Crippen LogP contribution in [0.2, 0.25) is 5.02 Å². The van der Waals surface area contributed by atoms with Gasteiger partial charge < -0.3 is 9.47 Å². The van der Waals surface area contributed by atoms with Crippen LogP contribution in [-0.4, -0.2) is 55.8 Å². The molecular formula is C20H27ClN3O3S+. The maximum absolute atomic E-state index is 12.8. The largest absolute Gasteiger partial charge is 0.349 e. The van der Waals surface area contributed by atoms with E-state index in [-0.39, 0.29) is 15.7 Å². The highest BCUT2D eigenvalue weighted by Crippen LogP contribution is 2.24. The summed E-state index contributed by atoms with van der Waals surface area (Å²) >= 11 is 6.08. The maximum atomic E-state index is 12.8. The average Bonchev–Trinajstić information content (AvgIpc) is 2.96. The molecule has 1 aromatic carbocycles. The van der Waals surface area contributed by atoms with Crippen LogP contribution >= 0.6 is 11.6 Å². The topological polar surface area (TPSA) is 63.8 Å². The second kappa shape index (κ2) is 8.37. The molecule has 0 saturated carbocycles. The standard InChI is InChI=1S/C20H26ClN3O3S/c1-4-24-15(2)13-17(16(24)3)19(25)14-22-9-11-23(12-10-22)28(26,27)20-8-6-5-7-18(20)21/h5-8,13H,4,9-12,14H2,1-3H3/p+1. The van der Waals surface area contributed by atoms with Crippen LogP contribution in [0.4, 0.5) is 0 Å². The third-order valence-corrected chi connectivity index (χ3v) is 7.88. The van der Waals surface area contributed by atoms with Crippen molar-refractivity contribution in [2.45, 2.75) is 32.2 Å². The third-order valence-electron chi connectivity index (χ3n) is 5.48. The molecule has 2 heterocycles. The number of aromatic nitrogens is 1. The molecule has 0 radical (unpaired) electrons. The first-order chi connectivity index (χ1) is 13.3. The Bertz CT molecular complexity index is 977. The number of piperazine rings is 1. The highest BCUT2D eigenvalue weighted by atomic mass is 35.5. The lowest BCUT2D eigenvalue weighted by Gasteiger charge is -2.31. The van der Waals surface area contributed by atoms with Gasteiger partial charge in [-0.25, -0.2) is 8.42 Å². The van der Waals surface area contributed by atoms with E-state index >= 15 is 0 Å². The summed E-state index contributed by atoms with van der Waals surface area (Å²) in [6.45, 7) is 9.24. The summed E-state index contributed by atoms with van der Waals surface area (Å²) in [5.74, 6) is 0.116. The summed E-state index contributed by atoms with van der Waals surface area (Å²) in [6, 6.07) is 8.46. The zero-order valence-electron chi connectivity index (χ0n) is 16.5. The van der Waals surface area contributed by atoms with Crippen LogP contribution in [0.15, 0.2) is 35.2 Å². The van der Waals surface area contributed by atoms with Gasteiger partial charge >= 0.3 is 0 Å². The van der Waals surface area contributed by atoms with Gasteiger partial charge in [0.15, 0.2) is 0 Å². The van der Waals surface area contributed by atoms with Gasteiger partial charge in [-0.3, -0.25) is 4.79 Å². The second-order valence-corrected chi connectivity index (χ2v) is 9.53. The summed E-state index contributed by atoms with van der Waals surface area (Å²) in [6.07, 6.45) is 0. The molecule has 2 aromatic rings. The molecule has 0 unspecified atom stereocenters. The van der Waals surface area contributed by atoms with Gasteiger partial charge in [-0.2, -0.15) is 4.31 Å². The average molecular weight is 425 g/mol. The van der Waals surface area contributed by atoms with Gasteiger partial charge in [0.25, 0.3) is 0 Å². The van der Waals surface area contributed by atoms with Gasteiger partial charge in [0.2, 0.25) is 15.8 Å².